The SMILES string of the molecule is CC(=O)OC[C@H]1O[C@@H](O[C@H]2[C@@H](O[C@@H]3O[C@H](C)[C@@H](O)[C@@H](O)[C@H]3O)[C@H](OC3CCC4(C)C(CCC5(C)C4CCC4C6C(C)(O)CC(C=C(C)C)OC67CC45CO7)C3(C)C)OC[C@H]2O)[C@H](O[C@@H]2OC[C@@H](O)[C@H](O)[C@H]2O)[C@@H](O)[C@@H]1O. The number of allylic oxidation sites excluding steroid dienone is 1. The molecular formula is C54H86O22. The van der Waals surface area contributed by atoms with Crippen molar-refractivity contribution in [3.63, 3.8) is 0 Å². The predicted molar refractivity (Wildman–Crippen MR) is 260 cm³/mol. The fourth-order valence-electron chi connectivity index (χ4n) is 17.1. The van der Waals surface area contributed by atoms with Gasteiger partial charge in [0, 0.05) is 31.1 Å². The normalized spacial score (nSPS) is 55.6. The number of ether oxygens (including phenoxy) is 11. The lowest BCUT2D eigenvalue weighted by Gasteiger charge is -2.70. The van der Waals surface area contributed by atoms with Gasteiger partial charge >= 0.3 is 5.97 Å². The number of hydrogen-bond acceptors (Lipinski definition) is 22. The first-order valence-electron chi connectivity index (χ1n) is 27.7. The second-order valence-corrected chi connectivity index (χ2v) is 25.9. The molecule has 6 heterocycles. The Bertz CT molecular complexity index is 2130. The zero-order valence-electron chi connectivity index (χ0n) is 45.3. The Morgan fingerprint density at radius 3 is 2.04 bits per heavy atom. The maximum Gasteiger partial charge on any atom is 0.302 e. The third-order valence-electron chi connectivity index (χ3n) is 20.7. The molecule has 76 heavy (non-hydrogen) atoms. The van der Waals surface area contributed by atoms with Crippen molar-refractivity contribution in [1.82, 2.24) is 0 Å². The van der Waals surface area contributed by atoms with Gasteiger partial charge in [-0.2, -0.15) is 0 Å². The van der Waals surface area contributed by atoms with Gasteiger partial charge in [-0.25, -0.2) is 0 Å². The first kappa shape index (κ1) is 57.6. The molecule has 11 unspecified atom stereocenters. The molecule has 0 aromatic rings. The van der Waals surface area contributed by atoms with Gasteiger partial charge in [-0.15, -0.1) is 0 Å². The second-order valence-electron chi connectivity index (χ2n) is 25.9. The molecule has 0 aromatic carbocycles. The lowest BCUT2D eigenvalue weighted by Crippen LogP contribution is -2.68. The second kappa shape index (κ2) is 20.7. The van der Waals surface area contributed by atoms with Gasteiger partial charge in [-0.05, 0) is 100 Å². The van der Waals surface area contributed by atoms with E-state index >= 15 is 0 Å². The number of carbonyl (C=O) groups excluding carboxylic acids is 1. The Balaban J connectivity index is 0.927. The molecule has 22 nitrogen and oxygen atoms in total. The monoisotopic (exact) mass is 1090 g/mol. The molecular weight excluding hydrogens is 1000 g/mol. The Labute approximate surface area is 444 Å². The summed E-state index contributed by atoms with van der Waals surface area (Å²) in [4.78, 5) is 11.9. The third kappa shape index (κ3) is 9.38. The van der Waals surface area contributed by atoms with E-state index in [9.17, 15) is 55.9 Å². The fourth-order valence-corrected chi connectivity index (χ4v) is 17.1. The minimum absolute atomic E-state index is 0.120. The summed E-state index contributed by atoms with van der Waals surface area (Å²) in [7, 11) is 0. The maximum absolute atomic E-state index is 12.3. The summed E-state index contributed by atoms with van der Waals surface area (Å²) in [5.41, 5.74) is -0.785. The third-order valence-corrected chi connectivity index (χ3v) is 20.7. The molecule has 2 spiro atoms. The van der Waals surface area contributed by atoms with Gasteiger partial charge in [0.1, 0.15) is 86.0 Å². The highest BCUT2D eigenvalue weighted by molar-refractivity contribution is 5.65. The van der Waals surface area contributed by atoms with Crippen molar-refractivity contribution in [2.45, 2.75) is 248 Å². The standard InChI is InChI=1S/C54H86O22/c1-23(2)16-26-17-52(9,65)44-27-10-11-32-50(7)14-13-33(49(5,6)31(50)12-15-51(32,8)53(27)21-54(44,76-26)69-22-53)72-47-43(75-46-40(64)37(61)34(58)24(3)70-46)41(29(57)19-68-47)73-48-42(74-45-39(63)35(59)28(56)18-67-45)38(62)36(60)30(71-48)20-66-25(4)55/h16,24,26-48,56-65H,10-15,17-22H2,1-9H3/t24-,26?,27?,28-,29-,30-,31?,32?,33?,34-,35+,36-,37-,38+,39-,40-,41-,42-,43-,44?,45+,46+,47+,48+,50?,51?,52?,53?,54?/m1/s1. The molecule has 0 aromatic heterocycles. The molecule has 10 aliphatic rings. The van der Waals surface area contributed by atoms with E-state index in [-0.39, 0.29) is 40.1 Å². The van der Waals surface area contributed by atoms with Crippen molar-refractivity contribution in [2.75, 3.05) is 26.4 Å². The van der Waals surface area contributed by atoms with Crippen LogP contribution >= 0.6 is 0 Å². The number of hydrogen-bond donors (Lipinski definition) is 10. The average molecular weight is 1090 g/mol. The van der Waals surface area contributed by atoms with Gasteiger partial charge in [0.2, 0.25) is 0 Å². The lowest BCUT2D eigenvalue weighted by molar-refractivity contribution is -0.399. The molecule has 10 fully saturated rings. The quantitative estimate of drug-likeness (QED) is 0.0741. The molecule has 6 aliphatic heterocycles. The predicted octanol–water partition coefficient (Wildman–Crippen LogP) is 0.0284. The van der Waals surface area contributed by atoms with Crippen LogP contribution in [0.1, 0.15) is 114 Å². The summed E-state index contributed by atoms with van der Waals surface area (Å²) in [5, 5.41) is 111. The molecule has 2 bridgehead atoms. The zero-order chi connectivity index (χ0) is 55.0. The topological polar surface area (TPSA) is 321 Å². The molecule has 10 N–H and O–H groups in total. The Morgan fingerprint density at radius 1 is 0.658 bits per heavy atom. The van der Waals surface area contributed by atoms with Crippen molar-refractivity contribution in [2.24, 2.45) is 45.3 Å². The van der Waals surface area contributed by atoms with Crippen LogP contribution in [0.5, 0.6) is 0 Å². The highest BCUT2D eigenvalue weighted by atomic mass is 16.8. The molecule has 6 saturated heterocycles. The highest BCUT2D eigenvalue weighted by Gasteiger charge is 2.81. The number of aliphatic hydroxyl groups excluding tert-OH is 9. The van der Waals surface area contributed by atoms with Crippen LogP contribution in [-0.4, -0.2) is 218 Å². The minimum atomic E-state index is -1.91. The number of aliphatic hydroxyl groups is 10. The summed E-state index contributed by atoms with van der Waals surface area (Å²) in [6, 6.07) is 0. The van der Waals surface area contributed by atoms with E-state index in [2.05, 4.69) is 47.6 Å². The van der Waals surface area contributed by atoms with Crippen LogP contribution < -0.4 is 0 Å². The summed E-state index contributed by atoms with van der Waals surface area (Å²) in [6.07, 6.45) is -21.4. The molecule has 29 atom stereocenters. The van der Waals surface area contributed by atoms with Crippen LogP contribution in [0.2, 0.25) is 0 Å². The van der Waals surface area contributed by atoms with Gasteiger partial charge in [0.15, 0.2) is 30.9 Å². The molecule has 4 saturated carbocycles. The zero-order valence-corrected chi connectivity index (χ0v) is 45.3. The van der Waals surface area contributed by atoms with Crippen LogP contribution in [0.25, 0.3) is 0 Å². The minimum Gasteiger partial charge on any atom is -0.463 e. The summed E-state index contributed by atoms with van der Waals surface area (Å²) >= 11 is 0. The van der Waals surface area contributed by atoms with Crippen molar-refractivity contribution in [1.29, 1.82) is 0 Å². The first-order chi connectivity index (χ1) is 35.6. The summed E-state index contributed by atoms with van der Waals surface area (Å²) in [5.74, 6) is -1.01. The maximum atomic E-state index is 12.3. The number of esters is 1. The van der Waals surface area contributed by atoms with Crippen LogP contribution in [0, 0.1) is 45.3 Å². The van der Waals surface area contributed by atoms with Gasteiger partial charge in [0.05, 0.1) is 43.7 Å². The van der Waals surface area contributed by atoms with Crippen molar-refractivity contribution in [3.05, 3.63) is 11.6 Å². The van der Waals surface area contributed by atoms with E-state index in [0.717, 1.165) is 51.0 Å². The Kier molecular flexibility index (Phi) is 15.7. The van der Waals surface area contributed by atoms with E-state index in [0.29, 0.717) is 25.4 Å². The highest BCUT2D eigenvalue weighted by Crippen LogP contribution is 2.80. The molecule has 4 aliphatic carbocycles. The van der Waals surface area contributed by atoms with Crippen molar-refractivity contribution < 1.29 is 108 Å². The molecule has 0 amide bonds. The van der Waals surface area contributed by atoms with Crippen molar-refractivity contribution in [3.8, 4) is 0 Å². The average Bonchev–Trinajstić information content (AvgIpc) is 4.03. The molecule has 434 valence electrons. The molecule has 22 heteroatoms. The Hall–Kier alpha value is -1.59. The largest absolute Gasteiger partial charge is 0.463 e. The Morgan fingerprint density at radius 2 is 1.33 bits per heavy atom. The van der Waals surface area contributed by atoms with E-state index in [4.69, 9.17) is 52.1 Å². The van der Waals surface area contributed by atoms with Crippen LogP contribution in [0.4, 0.5) is 0 Å². The van der Waals surface area contributed by atoms with Gasteiger partial charge in [-0.1, -0.05) is 39.3 Å². The van der Waals surface area contributed by atoms with Gasteiger partial charge < -0.3 is 103 Å². The fraction of sp³-hybridized carbons (Fsp3) is 0.944. The molecule has 0 radical (unpaired) electrons. The number of rotatable bonds is 11. The number of fused-ring (bicyclic) bond motifs is 4. The molecule has 10 rings (SSSR count). The summed E-state index contributed by atoms with van der Waals surface area (Å²) < 4.78 is 69.0. The van der Waals surface area contributed by atoms with Gasteiger partial charge in [0.25, 0.3) is 0 Å². The first-order valence-corrected chi connectivity index (χ1v) is 27.7. The van der Waals surface area contributed by atoms with E-state index < -0.39 is 159 Å². The summed E-state index contributed by atoms with van der Waals surface area (Å²) in [6.45, 7) is 17.2. The lowest BCUT2D eigenvalue weighted by atomic mass is 9.35. The van der Waals surface area contributed by atoms with Crippen LogP contribution in [-0.2, 0) is 56.9 Å². The van der Waals surface area contributed by atoms with E-state index in [1.165, 1.54) is 6.92 Å². The van der Waals surface area contributed by atoms with Crippen LogP contribution in [0.3, 0.4) is 0 Å². The van der Waals surface area contributed by atoms with E-state index in [1.807, 2.05) is 6.92 Å². The number of carbonyl (C=O) groups is 1. The smallest absolute Gasteiger partial charge is 0.302 e. The van der Waals surface area contributed by atoms with Crippen molar-refractivity contribution >= 4 is 5.97 Å². The van der Waals surface area contributed by atoms with Gasteiger partial charge in [-0.3, -0.25) is 4.79 Å². The van der Waals surface area contributed by atoms with Crippen LogP contribution in [0.15, 0.2) is 11.6 Å². The van der Waals surface area contributed by atoms with E-state index in [1.54, 1.807) is 0 Å².